The SMILES string of the molecule is COC(=O)C1=CC[C@]2(C)CC[C@H]1N2C(=O)[C@@](OC)(c1ccccc1)C(F)(F)F. The minimum absolute atomic E-state index is 0.214. The first-order valence-electron chi connectivity index (χ1n) is 8.92. The number of ether oxygens (including phenoxy) is 2. The smallest absolute Gasteiger partial charge is 0.430 e. The Balaban J connectivity index is 2.14. The van der Waals surface area contributed by atoms with Crippen molar-refractivity contribution in [3.05, 3.63) is 47.5 Å². The number of alkyl halides is 3. The molecule has 1 aromatic carbocycles. The molecular weight excluding hydrogens is 375 g/mol. The molecule has 5 nitrogen and oxygen atoms in total. The van der Waals surface area contributed by atoms with Crippen LogP contribution in [0.3, 0.4) is 0 Å². The third kappa shape index (κ3) is 2.82. The molecule has 0 saturated carbocycles. The monoisotopic (exact) mass is 397 g/mol. The molecule has 0 radical (unpaired) electrons. The average Bonchev–Trinajstić information content (AvgIpc) is 2.89. The second kappa shape index (κ2) is 6.92. The summed E-state index contributed by atoms with van der Waals surface area (Å²) in [6, 6.07) is 6.08. The summed E-state index contributed by atoms with van der Waals surface area (Å²) in [5.41, 5.74) is -4.07. The molecule has 2 aliphatic rings. The Morgan fingerprint density at radius 3 is 2.36 bits per heavy atom. The largest absolute Gasteiger partial charge is 0.466 e. The Morgan fingerprint density at radius 1 is 1.18 bits per heavy atom. The summed E-state index contributed by atoms with van der Waals surface area (Å²) < 4.78 is 52.6. The van der Waals surface area contributed by atoms with E-state index in [0.29, 0.717) is 12.8 Å². The molecular formula is C20H22F3NO4. The molecule has 8 heteroatoms. The van der Waals surface area contributed by atoms with E-state index in [1.165, 1.54) is 36.3 Å². The number of carbonyl (C=O) groups is 2. The maximum Gasteiger partial charge on any atom is 0.430 e. The maximum absolute atomic E-state index is 14.3. The molecule has 3 rings (SSSR count). The maximum atomic E-state index is 14.3. The van der Waals surface area contributed by atoms with Gasteiger partial charge in [-0.3, -0.25) is 4.79 Å². The van der Waals surface area contributed by atoms with Crippen LogP contribution in [0.5, 0.6) is 0 Å². The topological polar surface area (TPSA) is 55.8 Å². The van der Waals surface area contributed by atoms with Crippen LogP contribution in [0.2, 0.25) is 0 Å². The minimum Gasteiger partial charge on any atom is -0.466 e. The van der Waals surface area contributed by atoms with Gasteiger partial charge in [0.1, 0.15) is 0 Å². The second-order valence-corrected chi connectivity index (χ2v) is 7.33. The zero-order valence-electron chi connectivity index (χ0n) is 15.9. The van der Waals surface area contributed by atoms with Crippen molar-refractivity contribution in [2.45, 2.75) is 49.5 Å². The van der Waals surface area contributed by atoms with Crippen LogP contribution in [0.4, 0.5) is 13.2 Å². The summed E-state index contributed by atoms with van der Waals surface area (Å²) in [7, 11) is 2.08. The summed E-state index contributed by atoms with van der Waals surface area (Å²) >= 11 is 0. The van der Waals surface area contributed by atoms with Gasteiger partial charge in [0.15, 0.2) is 0 Å². The first-order chi connectivity index (χ1) is 13.1. The van der Waals surface area contributed by atoms with Crippen LogP contribution in [0, 0.1) is 0 Å². The second-order valence-electron chi connectivity index (χ2n) is 7.33. The van der Waals surface area contributed by atoms with Crippen LogP contribution >= 0.6 is 0 Å². The van der Waals surface area contributed by atoms with Gasteiger partial charge in [-0.15, -0.1) is 0 Å². The number of halogens is 3. The lowest BCUT2D eigenvalue weighted by molar-refractivity contribution is -0.272. The third-order valence-corrected chi connectivity index (χ3v) is 5.80. The van der Waals surface area contributed by atoms with E-state index in [-0.39, 0.29) is 17.6 Å². The van der Waals surface area contributed by atoms with Crippen molar-refractivity contribution in [1.29, 1.82) is 0 Å². The van der Waals surface area contributed by atoms with Crippen molar-refractivity contribution in [3.63, 3.8) is 0 Å². The van der Waals surface area contributed by atoms with Gasteiger partial charge in [-0.2, -0.15) is 13.2 Å². The van der Waals surface area contributed by atoms with E-state index in [1.54, 1.807) is 19.1 Å². The van der Waals surface area contributed by atoms with Crippen LogP contribution in [0.15, 0.2) is 42.0 Å². The molecule has 0 N–H and O–H groups in total. The van der Waals surface area contributed by atoms with E-state index in [1.807, 2.05) is 0 Å². The number of hydrogen-bond acceptors (Lipinski definition) is 4. The summed E-state index contributed by atoms with van der Waals surface area (Å²) in [5.74, 6) is -1.85. The third-order valence-electron chi connectivity index (χ3n) is 5.80. The van der Waals surface area contributed by atoms with Crippen LogP contribution in [-0.2, 0) is 24.7 Å². The number of carbonyl (C=O) groups excluding carboxylic acids is 2. The highest BCUT2D eigenvalue weighted by Crippen LogP contribution is 2.50. The summed E-state index contributed by atoms with van der Waals surface area (Å²) in [6.07, 6.45) is -2.20. The van der Waals surface area contributed by atoms with Crippen molar-refractivity contribution < 1.29 is 32.2 Å². The Bertz CT molecular complexity index is 807. The molecule has 2 aliphatic heterocycles. The van der Waals surface area contributed by atoms with E-state index in [9.17, 15) is 22.8 Å². The highest BCUT2D eigenvalue weighted by molar-refractivity contribution is 5.94. The molecule has 3 atom stereocenters. The van der Waals surface area contributed by atoms with Gasteiger partial charge in [0, 0.05) is 18.2 Å². The first kappa shape index (κ1) is 20.4. The van der Waals surface area contributed by atoms with Crippen molar-refractivity contribution in [1.82, 2.24) is 4.90 Å². The average molecular weight is 397 g/mol. The van der Waals surface area contributed by atoms with Gasteiger partial charge < -0.3 is 14.4 Å². The number of esters is 1. The molecule has 0 aromatic heterocycles. The molecule has 0 aliphatic carbocycles. The Morgan fingerprint density at radius 2 is 1.82 bits per heavy atom. The molecule has 28 heavy (non-hydrogen) atoms. The molecule has 1 fully saturated rings. The molecule has 1 saturated heterocycles. The van der Waals surface area contributed by atoms with Crippen molar-refractivity contribution in [2.24, 2.45) is 0 Å². The first-order valence-corrected chi connectivity index (χ1v) is 8.92. The van der Waals surface area contributed by atoms with Crippen LogP contribution in [-0.4, -0.2) is 48.8 Å². The lowest BCUT2D eigenvalue weighted by Crippen LogP contribution is -2.63. The number of nitrogens with zero attached hydrogens (tertiary/aromatic N) is 1. The Kier molecular flexibility index (Phi) is 5.04. The lowest BCUT2D eigenvalue weighted by Gasteiger charge is -2.46. The minimum atomic E-state index is -5.00. The predicted octanol–water partition coefficient (Wildman–Crippen LogP) is 3.34. The standard InChI is InChI=1S/C20H22F3NO4/c1-18-11-9-14(16(25)27-2)15(10-12-18)24(18)17(26)19(28-3,20(21,22)23)13-7-5-4-6-8-13/h4-9,15H,10-12H2,1-3H3/t15-,18-,19+/m1/s1. The van der Waals surface area contributed by atoms with Crippen LogP contribution in [0.25, 0.3) is 0 Å². The van der Waals surface area contributed by atoms with Gasteiger partial charge in [-0.1, -0.05) is 36.4 Å². The fourth-order valence-corrected chi connectivity index (χ4v) is 4.33. The van der Waals surface area contributed by atoms with E-state index < -0.39 is 35.2 Å². The molecule has 2 bridgehead atoms. The number of benzene rings is 1. The highest BCUT2D eigenvalue weighted by atomic mass is 19.4. The van der Waals surface area contributed by atoms with Crippen molar-refractivity contribution in [3.8, 4) is 0 Å². The zero-order valence-corrected chi connectivity index (χ0v) is 15.9. The molecule has 0 unspecified atom stereocenters. The quantitative estimate of drug-likeness (QED) is 0.732. The lowest BCUT2D eigenvalue weighted by atomic mass is 9.85. The molecule has 1 amide bonds. The number of amides is 1. The summed E-state index contributed by atoms with van der Waals surface area (Å²) in [6.45, 7) is 1.73. The van der Waals surface area contributed by atoms with Crippen molar-refractivity contribution >= 4 is 11.9 Å². The number of rotatable bonds is 4. The highest BCUT2D eigenvalue weighted by Gasteiger charge is 2.67. The molecule has 2 heterocycles. The van der Waals surface area contributed by atoms with E-state index >= 15 is 0 Å². The van der Waals surface area contributed by atoms with Gasteiger partial charge in [0.2, 0.25) is 0 Å². The zero-order chi connectivity index (χ0) is 20.7. The normalized spacial score (nSPS) is 26.4. The van der Waals surface area contributed by atoms with Gasteiger partial charge in [-0.05, 0) is 26.2 Å². The number of fused-ring (bicyclic) bond motifs is 2. The van der Waals surface area contributed by atoms with E-state index in [0.717, 1.165) is 7.11 Å². The number of methoxy groups -OCH3 is 2. The van der Waals surface area contributed by atoms with E-state index in [2.05, 4.69) is 0 Å². The van der Waals surface area contributed by atoms with Gasteiger partial charge in [0.05, 0.1) is 18.7 Å². The number of hydrogen-bond donors (Lipinski definition) is 0. The van der Waals surface area contributed by atoms with Gasteiger partial charge >= 0.3 is 12.1 Å². The summed E-state index contributed by atoms with van der Waals surface area (Å²) in [5, 5.41) is 0. The molecule has 0 spiro atoms. The molecule has 1 aromatic rings. The molecule has 152 valence electrons. The predicted molar refractivity (Wildman–Crippen MR) is 94.2 cm³/mol. The van der Waals surface area contributed by atoms with Crippen LogP contribution in [0.1, 0.15) is 31.7 Å². The van der Waals surface area contributed by atoms with Gasteiger partial charge in [-0.25, -0.2) is 4.79 Å². The van der Waals surface area contributed by atoms with Gasteiger partial charge in [0.25, 0.3) is 11.5 Å². The van der Waals surface area contributed by atoms with Crippen molar-refractivity contribution in [2.75, 3.05) is 14.2 Å². The van der Waals surface area contributed by atoms with Crippen LogP contribution < -0.4 is 0 Å². The Labute approximate surface area is 161 Å². The fraction of sp³-hybridized carbons (Fsp3) is 0.500. The van der Waals surface area contributed by atoms with E-state index in [4.69, 9.17) is 9.47 Å². The fourth-order valence-electron chi connectivity index (χ4n) is 4.33. The summed E-state index contributed by atoms with van der Waals surface area (Å²) in [4.78, 5) is 26.8. The Hall–Kier alpha value is -2.35.